The highest BCUT2D eigenvalue weighted by molar-refractivity contribution is 14.1. The predicted octanol–water partition coefficient (Wildman–Crippen LogP) is 1.80. The molecule has 0 fully saturated rings. The van der Waals surface area contributed by atoms with Gasteiger partial charge >= 0.3 is 0 Å². The molecule has 1 heterocycles. The van der Waals surface area contributed by atoms with Gasteiger partial charge in [-0.3, -0.25) is 14.9 Å². The second kappa shape index (κ2) is 5.37. The van der Waals surface area contributed by atoms with Gasteiger partial charge in [0.15, 0.2) is 0 Å². The second-order valence-corrected chi connectivity index (χ2v) is 4.53. The van der Waals surface area contributed by atoms with Crippen LogP contribution in [0.4, 0.5) is 0 Å². The fourth-order valence-corrected chi connectivity index (χ4v) is 1.67. The van der Waals surface area contributed by atoms with Crippen LogP contribution in [0.25, 0.3) is 0 Å². The Balaban J connectivity index is 2.66. The molecule has 0 aromatic carbocycles. The summed E-state index contributed by atoms with van der Waals surface area (Å²) in [5, 5.41) is 14.2. The molecule has 0 unspecified atom stereocenters. The molecule has 0 amide bonds. The number of carbonyl (C=O) groups is 1. The molecule has 88 valence electrons. The van der Waals surface area contributed by atoms with Crippen molar-refractivity contribution in [3.05, 3.63) is 25.1 Å². The lowest BCUT2D eigenvalue weighted by Crippen LogP contribution is -2.15. The highest BCUT2D eigenvalue weighted by Gasteiger charge is 2.14. The summed E-state index contributed by atoms with van der Waals surface area (Å²) < 4.78 is 2.29. The summed E-state index contributed by atoms with van der Waals surface area (Å²) in [5.41, 5.74) is 1.60. The van der Waals surface area contributed by atoms with E-state index in [2.05, 4.69) is 27.7 Å². The SMILES string of the molecule is Cc1nn(C(=O)CCC[N+](=O)[O-])c(C)c1I. The van der Waals surface area contributed by atoms with Crippen molar-refractivity contribution < 1.29 is 9.72 Å². The molecule has 0 atom stereocenters. The maximum absolute atomic E-state index is 11.7. The van der Waals surface area contributed by atoms with Crippen molar-refractivity contribution in [1.29, 1.82) is 0 Å². The van der Waals surface area contributed by atoms with E-state index in [1.54, 1.807) is 0 Å². The Morgan fingerprint density at radius 1 is 1.56 bits per heavy atom. The number of nitrogens with zero attached hydrogens (tertiary/aromatic N) is 3. The molecule has 0 saturated heterocycles. The van der Waals surface area contributed by atoms with E-state index in [0.717, 1.165) is 15.0 Å². The molecule has 1 aromatic rings. The lowest BCUT2D eigenvalue weighted by molar-refractivity contribution is -0.480. The molecular weight excluding hydrogens is 325 g/mol. The maximum atomic E-state index is 11.7. The first kappa shape index (κ1) is 13.1. The Hall–Kier alpha value is -0.990. The number of aryl methyl sites for hydroxylation is 1. The molecule has 0 aliphatic rings. The number of aromatic nitrogens is 2. The molecule has 0 aliphatic heterocycles. The lowest BCUT2D eigenvalue weighted by atomic mass is 10.3. The van der Waals surface area contributed by atoms with Crippen LogP contribution in [0.2, 0.25) is 0 Å². The molecule has 0 N–H and O–H groups in total. The van der Waals surface area contributed by atoms with E-state index in [9.17, 15) is 14.9 Å². The largest absolute Gasteiger partial charge is 0.273 e. The van der Waals surface area contributed by atoms with Gasteiger partial charge in [-0.2, -0.15) is 5.10 Å². The first-order valence-corrected chi connectivity index (χ1v) is 5.88. The van der Waals surface area contributed by atoms with Crippen LogP contribution >= 0.6 is 22.6 Å². The maximum Gasteiger partial charge on any atom is 0.247 e. The standard InChI is InChI=1S/C9H12IN3O3/c1-6-9(10)7(2)13(11-6)8(14)4-3-5-12(15)16/h3-5H2,1-2H3. The number of nitro groups is 1. The summed E-state index contributed by atoms with van der Waals surface area (Å²) in [6.45, 7) is 3.46. The molecule has 1 rings (SSSR count). The molecule has 1 aromatic heterocycles. The molecule has 0 radical (unpaired) electrons. The summed E-state index contributed by atoms with van der Waals surface area (Å²) in [5.74, 6) is -0.189. The van der Waals surface area contributed by atoms with Crippen molar-refractivity contribution >= 4 is 28.5 Å². The van der Waals surface area contributed by atoms with Crippen LogP contribution in [0.3, 0.4) is 0 Å². The van der Waals surface area contributed by atoms with Gasteiger partial charge in [0, 0.05) is 17.8 Å². The van der Waals surface area contributed by atoms with Crippen LogP contribution in [0, 0.1) is 27.5 Å². The van der Waals surface area contributed by atoms with Crippen molar-refractivity contribution in [3.63, 3.8) is 0 Å². The van der Waals surface area contributed by atoms with E-state index in [4.69, 9.17) is 0 Å². The van der Waals surface area contributed by atoms with Gasteiger partial charge in [0.05, 0.1) is 15.0 Å². The third-order valence-electron chi connectivity index (χ3n) is 2.17. The summed E-state index contributed by atoms with van der Waals surface area (Å²) in [6.07, 6.45) is 0.403. The Morgan fingerprint density at radius 2 is 2.19 bits per heavy atom. The van der Waals surface area contributed by atoms with Crippen LogP contribution < -0.4 is 0 Å². The van der Waals surface area contributed by atoms with Gasteiger partial charge in [0.25, 0.3) is 0 Å². The zero-order valence-electron chi connectivity index (χ0n) is 9.07. The molecular formula is C9H12IN3O3. The predicted molar refractivity (Wildman–Crippen MR) is 66.1 cm³/mol. The number of hydrogen-bond donors (Lipinski definition) is 0. The highest BCUT2D eigenvalue weighted by atomic mass is 127. The molecule has 0 bridgehead atoms. The fourth-order valence-electron chi connectivity index (χ4n) is 1.33. The summed E-state index contributed by atoms with van der Waals surface area (Å²) in [4.78, 5) is 21.4. The first-order valence-electron chi connectivity index (χ1n) is 4.80. The van der Waals surface area contributed by atoms with Gasteiger partial charge in [-0.1, -0.05) is 0 Å². The van der Waals surface area contributed by atoms with Crippen molar-refractivity contribution in [3.8, 4) is 0 Å². The Bertz CT molecular complexity index is 428. The van der Waals surface area contributed by atoms with Gasteiger partial charge in [0.1, 0.15) is 0 Å². The van der Waals surface area contributed by atoms with Crippen molar-refractivity contribution in [2.75, 3.05) is 6.54 Å². The fraction of sp³-hybridized carbons (Fsp3) is 0.556. The van der Waals surface area contributed by atoms with E-state index < -0.39 is 4.92 Å². The minimum Gasteiger partial charge on any atom is -0.273 e. The summed E-state index contributed by atoms with van der Waals surface area (Å²) in [6, 6.07) is 0. The van der Waals surface area contributed by atoms with Crippen molar-refractivity contribution in [2.24, 2.45) is 0 Å². The second-order valence-electron chi connectivity index (χ2n) is 3.45. The minimum absolute atomic E-state index is 0.152. The number of carbonyl (C=O) groups excluding carboxylic acids is 1. The molecule has 0 aliphatic carbocycles. The van der Waals surface area contributed by atoms with E-state index in [1.165, 1.54) is 4.68 Å². The third-order valence-corrected chi connectivity index (χ3v) is 3.73. The van der Waals surface area contributed by atoms with Crippen LogP contribution in [0.5, 0.6) is 0 Å². The van der Waals surface area contributed by atoms with Crippen LogP contribution in [-0.4, -0.2) is 27.2 Å². The van der Waals surface area contributed by atoms with E-state index in [0.29, 0.717) is 0 Å². The normalized spacial score (nSPS) is 10.4. The van der Waals surface area contributed by atoms with Crippen molar-refractivity contribution in [1.82, 2.24) is 9.78 Å². The quantitative estimate of drug-likeness (QED) is 0.477. The van der Waals surface area contributed by atoms with Gasteiger partial charge in [-0.15, -0.1) is 0 Å². The summed E-state index contributed by atoms with van der Waals surface area (Å²) in [7, 11) is 0. The lowest BCUT2D eigenvalue weighted by Gasteiger charge is -2.01. The zero-order valence-corrected chi connectivity index (χ0v) is 11.2. The van der Waals surface area contributed by atoms with Crippen molar-refractivity contribution in [2.45, 2.75) is 26.7 Å². The molecule has 16 heavy (non-hydrogen) atoms. The molecule has 0 spiro atoms. The third kappa shape index (κ3) is 3.00. The molecule has 7 heteroatoms. The molecule has 0 saturated carbocycles. The average molecular weight is 337 g/mol. The Kier molecular flexibility index (Phi) is 4.39. The Morgan fingerprint density at radius 3 is 2.62 bits per heavy atom. The minimum atomic E-state index is -0.418. The molecule has 6 nitrogen and oxygen atoms in total. The number of hydrogen-bond acceptors (Lipinski definition) is 4. The van der Waals surface area contributed by atoms with E-state index in [1.807, 2.05) is 13.8 Å². The topological polar surface area (TPSA) is 78.0 Å². The van der Waals surface area contributed by atoms with Crippen LogP contribution in [-0.2, 0) is 0 Å². The van der Waals surface area contributed by atoms with Crippen LogP contribution in [0.1, 0.15) is 29.0 Å². The monoisotopic (exact) mass is 337 g/mol. The van der Waals surface area contributed by atoms with Gasteiger partial charge in [-0.25, -0.2) is 4.68 Å². The van der Waals surface area contributed by atoms with E-state index >= 15 is 0 Å². The summed E-state index contributed by atoms with van der Waals surface area (Å²) >= 11 is 2.13. The number of rotatable bonds is 4. The van der Waals surface area contributed by atoms with Gasteiger partial charge < -0.3 is 0 Å². The Labute approximate surface area is 106 Å². The highest BCUT2D eigenvalue weighted by Crippen LogP contribution is 2.15. The van der Waals surface area contributed by atoms with Gasteiger partial charge in [-0.05, 0) is 36.4 Å². The van der Waals surface area contributed by atoms with Crippen LogP contribution in [0.15, 0.2) is 0 Å². The van der Waals surface area contributed by atoms with Gasteiger partial charge in [0.2, 0.25) is 12.5 Å². The average Bonchev–Trinajstić information content (AvgIpc) is 2.45. The smallest absolute Gasteiger partial charge is 0.247 e. The first-order chi connectivity index (χ1) is 7.43. The zero-order chi connectivity index (χ0) is 12.3. The van der Waals surface area contributed by atoms with E-state index in [-0.39, 0.29) is 25.3 Å². The number of halogens is 1.